The van der Waals surface area contributed by atoms with Gasteiger partial charge in [-0.15, -0.1) is 0 Å². The van der Waals surface area contributed by atoms with Crippen LogP contribution in [0.1, 0.15) is 29.5 Å². The van der Waals surface area contributed by atoms with Crippen LogP contribution in [-0.2, 0) is 17.4 Å². The average molecular weight is 506 g/mol. The molecule has 0 aliphatic carbocycles. The molecule has 1 amide bonds. The van der Waals surface area contributed by atoms with Gasteiger partial charge in [0.25, 0.3) is 0 Å². The summed E-state index contributed by atoms with van der Waals surface area (Å²) in [6, 6.07) is 11.2. The van der Waals surface area contributed by atoms with E-state index in [1.54, 1.807) is 11.0 Å². The molecule has 1 unspecified atom stereocenters. The van der Waals surface area contributed by atoms with Gasteiger partial charge in [0.1, 0.15) is 6.04 Å². The van der Waals surface area contributed by atoms with Gasteiger partial charge >= 0.3 is 6.18 Å². The number of alkyl halides is 3. The van der Waals surface area contributed by atoms with Crippen molar-refractivity contribution in [2.45, 2.75) is 31.5 Å². The van der Waals surface area contributed by atoms with E-state index in [0.717, 1.165) is 17.7 Å². The number of nitrogens with one attached hydrogen (secondary N) is 2. The SMILES string of the molecule is N#CNC(=NCC(C(=[NH2+])c1ccc(C(F)(F)F)cc1)N1CCCC1=O)NCCc1ccccc1Cl. The quantitative estimate of drug-likeness (QED) is 0.221. The summed E-state index contributed by atoms with van der Waals surface area (Å²) in [4.78, 5) is 18.4. The van der Waals surface area contributed by atoms with Crippen molar-refractivity contribution in [3.8, 4) is 6.19 Å². The topological polar surface area (TPSA) is 106 Å². The molecule has 4 N–H and O–H groups in total. The third-order valence-corrected chi connectivity index (χ3v) is 6.00. The first-order chi connectivity index (χ1) is 16.7. The van der Waals surface area contributed by atoms with Gasteiger partial charge in [0, 0.05) is 30.1 Å². The summed E-state index contributed by atoms with van der Waals surface area (Å²) >= 11 is 6.18. The van der Waals surface area contributed by atoms with E-state index in [9.17, 15) is 18.0 Å². The minimum atomic E-state index is -4.46. The fourth-order valence-electron chi connectivity index (χ4n) is 3.79. The van der Waals surface area contributed by atoms with Crippen LogP contribution >= 0.6 is 11.6 Å². The van der Waals surface area contributed by atoms with Crippen LogP contribution < -0.4 is 16.0 Å². The molecule has 35 heavy (non-hydrogen) atoms. The first kappa shape index (κ1) is 26.0. The molecule has 1 heterocycles. The maximum atomic E-state index is 12.9. The monoisotopic (exact) mass is 505 g/mol. The number of carbonyl (C=O) groups excluding carboxylic acids is 1. The summed E-state index contributed by atoms with van der Waals surface area (Å²) in [6.45, 7) is 0.908. The summed E-state index contributed by atoms with van der Waals surface area (Å²) < 4.78 is 38.8. The number of amides is 1. The summed E-state index contributed by atoms with van der Waals surface area (Å²) in [5, 5.41) is 21.6. The molecule has 1 aliphatic rings. The Balaban J connectivity index is 1.75. The van der Waals surface area contributed by atoms with E-state index in [-0.39, 0.29) is 24.1 Å². The molecule has 1 fully saturated rings. The van der Waals surface area contributed by atoms with Crippen molar-refractivity contribution in [3.05, 3.63) is 70.2 Å². The molecule has 184 valence electrons. The summed E-state index contributed by atoms with van der Waals surface area (Å²) in [5.41, 5.74) is 0.743. The zero-order valence-electron chi connectivity index (χ0n) is 18.8. The van der Waals surface area contributed by atoms with Gasteiger partial charge in [-0.25, -0.2) is 4.99 Å². The van der Waals surface area contributed by atoms with Gasteiger partial charge < -0.3 is 10.2 Å². The standard InChI is InChI=1S/C24H24ClF3N6O/c25-19-5-2-1-4-16(19)11-12-31-23(33-15-29)32-14-20(34-13-3-6-21(34)35)22(30)17-7-9-18(10-8-17)24(26,27)28/h1-2,4-5,7-10,20,30H,3,6,11-14H2,(H2,31,32,33)/p+1. The van der Waals surface area contributed by atoms with E-state index in [0.29, 0.717) is 42.9 Å². The minimum absolute atomic E-state index is 0.0156. The molecule has 1 aliphatic heterocycles. The maximum Gasteiger partial charge on any atom is 0.416 e. The van der Waals surface area contributed by atoms with E-state index in [2.05, 4.69) is 15.6 Å². The highest BCUT2D eigenvalue weighted by molar-refractivity contribution is 6.31. The van der Waals surface area contributed by atoms with E-state index in [1.165, 1.54) is 12.1 Å². The van der Waals surface area contributed by atoms with Crippen LogP contribution in [0.15, 0.2) is 53.5 Å². The van der Waals surface area contributed by atoms with Gasteiger partial charge in [-0.2, -0.15) is 18.4 Å². The van der Waals surface area contributed by atoms with E-state index in [4.69, 9.17) is 22.3 Å². The van der Waals surface area contributed by atoms with Crippen LogP contribution in [0.2, 0.25) is 5.02 Å². The Morgan fingerprint density at radius 3 is 2.54 bits per heavy atom. The molecule has 11 heteroatoms. The maximum absolute atomic E-state index is 12.9. The van der Waals surface area contributed by atoms with Gasteiger partial charge in [-0.05, 0) is 48.7 Å². The number of carbonyl (C=O) groups is 1. The molecule has 0 aromatic heterocycles. The lowest BCUT2D eigenvalue weighted by Gasteiger charge is -2.25. The highest BCUT2D eigenvalue weighted by Gasteiger charge is 2.35. The molecule has 3 rings (SSSR count). The number of rotatable bonds is 8. The Hall–Kier alpha value is -3.58. The van der Waals surface area contributed by atoms with Gasteiger partial charge in [0.2, 0.25) is 17.6 Å². The van der Waals surface area contributed by atoms with Crippen LogP contribution in [0.5, 0.6) is 0 Å². The van der Waals surface area contributed by atoms with Crippen molar-refractivity contribution in [3.63, 3.8) is 0 Å². The number of nitriles is 1. The normalized spacial score (nSPS) is 15.0. The second kappa shape index (κ2) is 11.7. The van der Waals surface area contributed by atoms with Gasteiger partial charge in [-0.1, -0.05) is 29.8 Å². The summed E-state index contributed by atoms with van der Waals surface area (Å²) in [7, 11) is 0. The van der Waals surface area contributed by atoms with Crippen molar-refractivity contribution < 1.29 is 23.4 Å². The number of hydrogen-bond acceptors (Lipinski definition) is 3. The lowest BCUT2D eigenvalue weighted by Crippen LogP contribution is -2.56. The Kier molecular flexibility index (Phi) is 8.71. The predicted octanol–water partition coefficient (Wildman–Crippen LogP) is 2.16. The van der Waals surface area contributed by atoms with Gasteiger partial charge in [0.05, 0.1) is 12.1 Å². The Labute approximate surface area is 206 Å². The Bertz CT molecular complexity index is 1130. The zero-order chi connectivity index (χ0) is 25.4. The second-order valence-corrected chi connectivity index (χ2v) is 8.34. The lowest BCUT2D eigenvalue weighted by molar-refractivity contribution is -0.137. The number of nitrogens with zero attached hydrogens (tertiary/aromatic N) is 3. The van der Waals surface area contributed by atoms with Crippen molar-refractivity contribution in [2.75, 3.05) is 19.6 Å². The molecule has 0 spiro atoms. The van der Waals surface area contributed by atoms with Gasteiger partial charge in [-0.3, -0.25) is 15.5 Å². The molecule has 7 nitrogen and oxygen atoms in total. The predicted molar refractivity (Wildman–Crippen MR) is 126 cm³/mol. The van der Waals surface area contributed by atoms with Crippen LogP contribution in [0.4, 0.5) is 13.2 Å². The second-order valence-electron chi connectivity index (χ2n) is 7.93. The number of likely N-dealkylation sites (tertiary alicyclic amines) is 1. The molecule has 2 aromatic carbocycles. The molecule has 0 bridgehead atoms. The fraction of sp³-hybridized carbons (Fsp3) is 0.333. The fourth-order valence-corrected chi connectivity index (χ4v) is 4.02. The van der Waals surface area contributed by atoms with Crippen LogP contribution in [0, 0.1) is 11.5 Å². The molecule has 1 saturated heterocycles. The molecule has 1 atom stereocenters. The number of hydrogen-bond donors (Lipinski definition) is 3. The summed E-state index contributed by atoms with van der Waals surface area (Å²) in [5.74, 6) is 0.0814. The van der Waals surface area contributed by atoms with E-state index >= 15 is 0 Å². The summed E-state index contributed by atoms with van der Waals surface area (Å²) in [6.07, 6.45) is -1.05. The molecule has 2 aromatic rings. The van der Waals surface area contributed by atoms with Gasteiger partial charge in [0.15, 0.2) is 6.19 Å². The van der Waals surface area contributed by atoms with Crippen LogP contribution in [0.25, 0.3) is 0 Å². The van der Waals surface area contributed by atoms with E-state index in [1.807, 2.05) is 24.4 Å². The Morgan fingerprint density at radius 2 is 1.94 bits per heavy atom. The van der Waals surface area contributed by atoms with Crippen molar-refractivity contribution >= 4 is 29.2 Å². The number of halogens is 4. The largest absolute Gasteiger partial charge is 0.416 e. The zero-order valence-corrected chi connectivity index (χ0v) is 19.5. The third kappa shape index (κ3) is 6.96. The molecular formula is C24H25ClF3N6O+. The number of aliphatic imine (C=N–C) groups is 1. The average Bonchev–Trinajstić information content (AvgIpc) is 3.25. The van der Waals surface area contributed by atoms with Crippen molar-refractivity contribution in [1.82, 2.24) is 15.5 Å². The minimum Gasteiger partial charge on any atom is -0.355 e. The lowest BCUT2D eigenvalue weighted by atomic mass is 10.0. The number of benzene rings is 2. The first-order valence-corrected chi connectivity index (χ1v) is 11.3. The van der Waals surface area contributed by atoms with Crippen molar-refractivity contribution in [1.29, 1.82) is 5.26 Å². The molecule has 0 saturated carbocycles. The third-order valence-electron chi connectivity index (χ3n) is 5.63. The van der Waals surface area contributed by atoms with Crippen molar-refractivity contribution in [2.24, 2.45) is 4.99 Å². The highest BCUT2D eigenvalue weighted by atomic mass is 35.5. The molecular weight excluding hydrogens is 481 g/mol. The molecule has 0 radical (unpaired) electrons. The first-order valence-electron chi connectivity index (χ1n) is 11.0. The Morgan fingerprint density at radius 1 is 1.23 bits per heavy atom. The number of guanidine groups is 1. The number of nitrogens with two attached hydrogens (primary N) is 1. The van der Waals surface area contributed by atoms with Crippen LogP contribution in [0.3, 0.4) is 0 Å². The highest BCUT2D eigenvalue weighted by Crippen LogP contribution is 2.29. The van der Waals surface area contributed by atoms with Crippen LogP contribution in [-0.4, -0.2) is 48.2 Å². The smallest absolute Gasteiger partial charge is 0.355 e. The van der Waals surface area contributed by atoms with E-state index < -0.39 is 17.8 Å².